The van der Waals surface area contributed by atoms with Gasteiger partial charge in [0.25, 0.3) is 0 Å². The molecular weight excluding hydrogens is 244 g/mol. The van der Waals surface area contributed by atoms with Crippen molar-refractivity contribution in [1.82, 2.24) is 10.6 Å². The molecule has 0 saturated carbocycles. The van der Waals surface area contributed by atoms with Crippen LogP contribution in [0.3, 0.4) is 0 Å². The summed E-state index contributed by atoms with van der Waals surface area (Å²) in [6.45, 7) is 0.748. The van der Waals surface area contributed by atoms with Crippen LogP contribution in [0.25, 0.3) is 0 Å². The van der Waals surface area contributed by atoms with E-state index in [0.717, 1.165) is 12.8 Å². The fraction of sp³-hybridized carbons (Fsp3) is 0.429. The molecule has 0 radical (unpaired) electrons. The Morgan fingerprint density at radius 2 is 2.05 bits per heavy atom. The lowest BCUT2D eigenvalue weighted by molar-refractivity contribution is -0.136. The molecule has 3 N–H and O–H groups in total. The lowest BCUT2D eigenvalue weighted by atomic mass is 10.0. The predicted molar refractivity (Wildman–Crippen MR) is 71.2 cm³/mol. The quantitative estimate of drug-likeness (QED) is 0.752. The first-order chi connectivity index (χ1) is 9.16. The lowest BCUT2D eigenvalue weighted by Gasteiger charge is -2.13. The number of rotatable bonds is 5. The van der Waals surface area contributed by atoms with Gasteiger partial charge in [0, 0.05) is 19.0 Å². The summed E-state index contributed by atoms with van der Waals surface area (Å²) in [6, 6.07) is 7.99. The van der Waals surface area contributed by atoms with Gasteiger partial charge in [0.15, 0.2) is 0 Å². The van der Waals surface area contributed by atoms with Crippen LogP contribution in [-0.2, 0) is 11.2 Å². The van der Waals surface area contributed by atoms with E-state index < -0.39 is 5.97 Å². The third-order valence-electron chi connectivity index (χ3n) is 3.39. The monoisotopic (exact) mass is 262 g/mol. The van der Waals surface area contributed by atoms with Crippen molar-refractivity contribution in [3.63, 3.8) is 0 Å². The minimum Gasteiger partial charge on any atom is -0.481 e. The maximum absolute atomic E-state index is 11.5. The van der Waals surface area contributed by atoms with Crippen LogP contribution in [0.5, 0.6) is 0 Å². The van der Waals surface area contributed by atoms with Crippen LogP contribution in [0.2, 0.25) is 0 Å². The fourth-order valence-electron chi connectivity index (χ4n) is 2.42. The Balaban J connectivity index is 1.75. The highest BCUT2D eigenvalue weighted by Crippen LogP contribution is 2.31. The summed E-state index contributed by atoms with van der Waals surface area (Å²) in [6.07, 6.45) is 2.05. The Bertz CT molecular complexity index is 474. The van der Waals surface area contributed by atoms with Gasteiger partial charge in [0.2, 0.25) is 0 Å². The van der Waals surface area contributed by atoms with Gasteiger partial charge in [-0.05, 0) is 24.0 Å². The molecule has 2 amide bonds. The molecule has 5 nitrogen and oxygen atoms in total. The zero-order valence-electron chi connectivity index (χ0n) is 10.7. The number of benzene rings is 1. The average molecular weight is 262 g/mol. The number of nitrogens with one attached hydrogen (secondary N) is 2. The topological polar surface area (TPSA) is 78.4 Å². The van der Waals surface area contributed by atoms with Crippen LogP contribution in [0.1, 0.15) is 29.9 Å². The standard InChI is InChI=1S/C14H18N2O3/c17-13(18)7-8-15-14(19)16-9-11-6-5-10-3-1-2-4-12(10)11/h1-4,11H,5-9H2,(H,17,18)(H2,15,16,19). The van der Waals surface area contributed by atoms with Gasteiger partial charge in [0.05, 0.1) is 6.42 Å². The number of hydrogen-bond acceptors (Lipinski definition) is 2. The summed E-state index contributed by atoms with van der Waals surface area (Å²) in [5.41, 5.74) is 2.67. The summed E-state index contributed by atoms with van der Waals surface area (Å²) >= 11 is 0. The van der Waals surface area contributed by atoms with Crippen molar-refractivity contribution in [3.05, 3.63) is 35.4 Å². The van der Waals surface area contributed by atoms with Crippen molar-refractivity contribution in [2.24, 2.45) is 0 Å². The van der Waals surface area contributed by atoms with Crippen LogP contribution in [-0.4, -0.2) is 30.2 Å². The van der Waals surface area contributed by atoms with E-state index >= 15 is 0 Å². The Hall–Kier alpha value is -2.04. The maximum Gasteiger partial charge on any atom is 0.314 e. The van der Waals surface area contributed by atoms with Crippen LogP contribution >= 0.6 is 0 Å². The number of carbonyl (C=O) groups is 2. The molecule has 1 aromatic rings. The second-order valence-corrected chi connectivity index (χ2v) is 4.71. The summed E-state index contributed by atoms with van der Waals surface area (Å²) in [5.74, 6) is -0.550. The van der Waals surface area contributed by atoms with Gasteiger partial charge in [-0.15, -0.1) is 0 Å². The number of urea groups is 1. The molecule has 19 heavy (non-hydrogen) atoms. The number of hydrogen-bond donors (Lipinski definition) is 3. The van der Waals surface area contributed by atoms with Gasteiger partial charge in [0.1, 0.15) is 0 Å². The molecule has 5 heteroatoms. The molecular formula is C14H18N2O3. The van der Waals surface area contributed by atoms with E-state index in [9.17, 15) is 9.59 Å². The lowest BCUT2D eigenvalue weighted by Crippen LogP contribution is -2.38. The Kier molecular flexibility index (Phi) is 4.39. The number of fused-ring (bicyclic) bond motifs is 1. The van der Waals surface area contributed by atoms with Gasteiger partial charge in [-0.3, -0.25) is 4.79 Å². The molecule has 1 atom stereocenters. The molecule has 0 bridgehead atoms. The minimum absolute atomic E-state index is 0.0559. The first-order valence-corrected chi connectivity index (χ1v) is 6.48. The third-order valence-corrected chi connectivity index (χ3v) is 3.39. The largest absolute Gasteiger partial charge is 0.481 e. The molecule has 1 aliphatic rings. The highest BCUT2D eigenvalue weighted by atomic mass is 16.4. The molecule has 1 unspecified atom stereocenters. The first kappa shape index (κ1) is 13.4. The van der Waals surface area contributed by atoms with E-state index in [1.54, 1.807) is 0 Å². The summed E-state index contributed by atoms with van der Waals surface area (Å²) in [5, 5.41) is 13.8. The van der Waals surface area contributed by atoms with E-state index in [1.165, 1.54) is 11.1 Å². The predicted octanol–water partition coefficient (Wildman–Crippen LogP) is 1.49. The van der Waals surface area contributed by atoms with Gasteiger partial charge in [-0.2, -0.15) is 0 Å². The zero-order valence-corrected chi connectivity index (χ0v) is 10.7. The van der Waals surface area contributed by atoms with E-state index in [-0.39, 0.29) is 19.0 Å². The Morgan fingerprint density at radius 1 is 1.26 bits per heavy atom. The van der Waals surface area contributed by atoms with E-state index in [2.05, 4.69) is 22.8 Å². The fourth-order valence-corrected chi connectivity index (χ4v) is 2.42. The number of amides is 2. The van der Waals surface area contributed by atoms with Crippen molar-refractivity contribution < 1.29 is 14.7 Å². The number of aliphatic carboxylic acids is 1. The average Bonchev–Trinajstić information content (AvgIpc) is 2.79. The molecule has 0 saturated heterocycles. The van der Waals surface area contributed by atoms with E-state index in [1.807, 2.05) is 12.1 Å². The molecule has 0 aromatic heterocycles. The first-order valence-electron chi connectivity index (χ1n) is 6.48. The highest BCUT2D eigenvalue weighted by molar-refractivity contribution is 5.75. The molecule has 0 heterocycles. The van der Waals surface area contributed by atoms with Crippen molar-refractivity contribution >= 4 is 12.0 Å². The second kappa shape index (κ2) is 6.22. The van der Waals surface area contributed by atoms with Gasteiger partial charge in [-0.25, -0.2) is 4.79 Å². The molecule has 1 aromatic carbocycles. The summed E-state index contributed by atoms with van der Waals surface area (Å²) in [7, 11) is 0. The normalized spacial score (nSPS) is 16.7. The Labute approximate surface area is 112 Å². The number of carboxylic acids is 1. The third kappa shape index (κ3) is 3.71. The highest BCUT2D eigenvalue weighted by Gasteiger charge is 2.21. The number of carboxylic acid groups (broad SMARTS) is 1. The molecule has 0 aliphatic heterocycles. The zero-order chi connectivity index (χ0) is 13.7. The van der Waals surface area contributed by atoms with E-state index in [4.69, 9.17) is 5.11 Å². The molecule has 2 rings (SSSR count). The maximum atomic E-state index is 11.5. The van der Waals surface area contributed by atoms with Crippen molar-refractivity contribution in [1.29, 1.82) is 0 Å². The Morgan fingerprint density at radius 3 is 2.84 bits per heavy atom. The van der Waals surface area contributed by atoms with Crippen molar-refractivity contribution in [3.8, 4) is 0 Å². The molecule has 0 spiro atoms. The van der Waals surface area contributed by atoms with Gasteiger partial charge >= 0.3 is 12.0 Å². The van der Waals surface area contributed by atoms with E-state index in [0.29, 0.717) is 12.5 Å². The SMILES string of the molecule is O=C(O)CCNC(=O)NCC1CCc2ccccc21. The van der Waals surface area contributed by atoms with Crippen LogP contribution < -0.4 is 10.6 Å². The van der Waals surface area contributed by atoms with Gasteiger partial charge in [-0.1, -0.05) is 24.3 Å². The van der Waals surface area contributed by atoms with Crippen LogP contribution in [0, 0.1) is 0 Å². The van der Waals surface area contributed by atoms with Crippen LogP contribution in [0.15, 0.2) is 24.3 Å². The number of aryl methyl sites for hydroxylation is 1. The summed E-state index contributed by atoms with van der Waals surface area (Å²) < 4.78 is 0. The molecule has 102 valence electrons. The molecule has 1 aliphatic carbocycles. The smallest absolute Gasteiger partial charge is 0.314 e. The van der Waals surface area contributed by atoms with Crippen molar-refractivity contribution in [2.75, 3.05) is 13.1 Å². The second-order valence-electron chi connectivity index (χ2n) is 4.71. The van der Waals surface area contributed by atoms with Crippen LogP contribution in [0.4, 0.5) is 4.79 Å². The molecule has 0 fully saturated rings. The minimum atomic E-state index is -0.912. The summed E-state index contributed by atoms with van der Waals surface area (Å²) in [4.78, 5) is 21.8. The number of carbonyl (C=O) groups excluding carboxylic acids is 1. The van der Waals surface area contributed by atoms with Gasteiger partial charge < -0.3 is 15.7 Å². The van der Waals surface area contributed by atoms with Crippen molar-refractivity contribution in [2.45, 2.75) is 25.2 Å².